The van der Waals surface area contributed by atoms with Crippen LogP contribution < -0.4 is 5.32 Å². The first-order chi connectivity index (χ1) is 8.66. The Balaban J connectivity index is 1.88. The highest BCUT2D eigenvalue weighted by atomic mass is 16.2. The molecule has 18 heavy (non-hydrogen) atoms. The highest BCUT2D eigenvalue weighted by Gasteiger charge is 2.31. The molecule has 0 aliphatic heterocycles. The van der Waals surface area contributed by atoms with Gasteiger partial charge in [-0.15, -0.1) is 0 Å². The van der Waals surface area contributed by atoms with Crippen molar-refractivity contribution in [1.29, 1.82) is 0 Å². The van der Waals surface area contributed by atoms with Crippen molar-refractivity contribution in [3.05, 3.63) is 30.1 Å². The molecule has 94 valence electrons. The van der Waals surface area contributed by atoms with Gasteiger partial charge in [0, 0.05) is 13.0 Å². The Morgan fingerprint density at radius 3 is 2.83 bits per heavy atom. The van der Waals surface area contributed by atoms with Gasteiger partial charge >= 0.3 is 0 Å². The third kappa shape index (κ3) is 1.88. The van der Waals surface area contributed by atoms with Gasteiger partial charge in [0.05, 0.1) is 17.1 Å². The van der Waals surface area contributed by atoms with Gasteiger partial charge in [-0.1, -0.05) is 12.1 Å². The largest absolute Gasteiger partial charge is 0.346 e. The van der Waals surface area contributed by atoms with Crippen molar-refractivity contribution < 1.29 is 4.79 Å². The molecular weight excluding hydrogens is 226 g/mol. The number of rotatable bonds is 3. The van der Waals surface area contributed by atoms with Crippen LogP contribution in [0.4, 0.5) is 0 Å². The molecular formula is C14H17N3O. The molecule has 0 spiro atoms. The number of carbonyl (C=O) groups excluding carboxylic acids is 1. The standard InChI is InChI=1S/C14H17N3O/c1-9(15-14(18)10-7-8-10)13-16-11-5-3-4-6-12(11)17(13)2/h3-6,9-10H,7-8H2,1-2H3,(H,15,18). The summed E-state index contributed by atoms with van der Waals surface area (Å²) in [6.45, 7) is 1.99. The van der Waals surface area contributed by atoms with Gasteiger partial charge in [0.15, 0.2) is 0 Å². The third-order valence-electron chi connectivity index (χ3n) is 3.52. The maximum Gasteiger partial charge on any atom is 0.223 e. The fourth-order valence-electron chi connectivity index (χ4n) is 2.29. The zero-order chi connectivity index (χ0) is 12.7. The summed E-state index contributed by atoms with van der Waals surface area (Å²) in [7, 11) is 1.99. The Bertz CT molecular complexity index is 598. The number of benzene rings is 1. The number of aryl methyl sites for hydroxylation is 1. The molecule has 1 aromatic heterocycles. The molecule has 1 unspecified atom stereocenters. The number of nitrogens with zero attached hydrogens (tertiary/aromatic N) is 2. The molecule has 1 aliphatic rings. The molecule has 4 heteroatoms. The molecule has 2 aromatic rings. The van der Waals surface area contributed by atoms with Crippen molar-refractivity contribution in [1.82, 2.24) is 14.9 Å². The van der Waals surface area contributed by atoms with Gasteiger partial charge in [-0.3, -0.25) is 4.79 Å². The number of fused-ring (bicyclic) bond motifs is 1. The van der Waals surface area contributed by atoms with E-state index in [2.05, 4.69) is 10.3 Å². The molecule has 1 aromatic carbocycles. The lowest BCUT2D eigenvalue weighted by Crippen LogP contribution is -2.29. The topological polar surface area (TPSA) is 46.9 Å². The molecule has 3 rings (SSSR count). The predicted octanol–water partition coefficient (Wildman–Crippen LogP) is 2.16. The van der Waals surface area contributed by atoms with Gasteiger partial charge in [0.25, 0.3) is 0 Å². The van der Waals surface area contributed by atoms with Crippen LogP contribution in [0.3, 0.4) is 0 Å². The first-order valence-electron chi connectivity index (χ1n) is 6.38. The van der Waals surface area contributed by atoms with Crippen molar-refractivity contribution >= 4 is 16.9 Å². The van der Waals surface area contributed by atoms with Crippen molar-refractivity contribution in [3.8, 4) is 0 Å². The SMILES string of the molecule is CC(NC(=O)C1CC1)c1nc2ccccc2n1C. The maximum absolute atomic E-state index is 11.8. The number of nitrogens with one attached hydrogen (secondary N) is 1. The Hall–Kier alpha value is -1.84. The summed E-state index contributed by atoms with van der Waals surface area (Å²) in [6, 6.07) is 7.97. The van der Waals surface area contributed by atoms with E-state index >= 15 is 0 Å². The first kappa shape index (κ1) is 11.3. The monoisotopic (exact) mass is 243 g/mol. The third-order valence-corrected chi connectivity index (χ3v) is 3.52. The summed E-state index contributed by atoms with van der Waals surface area (Å²) >= 11 is 0. The molecule has 1 aliphatic carbocycles. The minimum Gasteiger partial charge on any atom is -0.346 e. The zero-order valence-electron chi connectivity index (χ0n) is 10.7. The smallest absolute Gasteiger partial charge is 0.223 e. The number of amides is 1. The predicted molar refractivity (Wildman–Crippen MR) is 70.0 cm³/mol. The van der Waals surface area contributed by atoms with Gasteiger partial charge in [-0.25, -0.2) is 4.98 Å². The Morgan fingerprint density at radius 1 is 1.44 bits per heavy atom. The lowest BCUT2D eigenvalue weighted by Gasteiger charge is -2.13. The number of imidazole rings is 1. The Kier molecular flexibility index (Phi) is 2.58. The number of para-hydroxylation sites is 2. The number of hydrogen-bond acceptors (Lipinski definition) is 2. The second kappa shape index (κ2) is 4.12. The highest BCUT2D eigenvalue weighted by molar-refractivity contribution is 5.81. The number of aromatic nitrogens is 2. The molecule has 0 saturated heterocycles. The van der Waals surface area contributed by atoms with Crippen LogP contribution in [-0.4, -0.2) is 15.5 Å². The molecule has 1 amide bonds. The van der Waals surface area contributed by atoms with E-state index in [4.69, 9.17) is 0 Å². The van der Waals surface area contributed by atoms with Crippen LogP contribution in [0, 0.1) is 5.92 Å². The normalized spacial score (nSPS) is 16.8. The van der Waals surface area contributed by atoms with Crippen molar-refractivity contribution in [2.45, 2.75) is 25.8 Å². The van der Waals surface area contributed by atoms with Crippen LogP contribution in [0.1, 0.15) is 31.6 Å². The van der Waals surface area contributed by atoms with E-state index in [9.17, 15) is 4.79 Å². The van der Waals surface area contributed by atoms with Crippen LogP contribution in [-0.2, 0) is 11.8 Å². The lowest BCUT2D eigenvalue weighted by atomic mass is 10.3. The van der Waals surface area contributed by atoms with E-state index in [0.717, 1.165) is 29.7 Å². The molecule has 1 N–H and O–H groups in total. The Morgan fingerprint density at radius 2 is 2.17 bits per heavy atom. The van der Waals surface area contributed by atoms with Crippen LogP contribution in [0.25, 0.3) is 11.0 Å². The van der Waals surface area contributed by atoms with Crippen LogP contribution >= 0.6 is 0 Å². The van der Waals surface area contributed by atoms with E-state index in [1.807, 2.05) is 42.8 Å². The summed E-state index contributed by atoms with van der Waals surface area (Å²) in [5.41, 5.74) is 2.07. The van der Waals surface area contributed by atoms with Crippen LogP contribution in [0.2, 0.25) is 0 Å². The molecule has 1 fully saturated rings. The van der Waals surface area contributed by atoms with Crippen LogP contribution in [0.5, 0.6) is 0 Å². The molecule has 0 radical (unpaired) electrons. The summed E-state index contributed by atoms with van der Waals surface area (Å²) in [6.07, 6.45) is 2.06. The highest BCUT2D eigenvalue weighted by Crippen LogP contribution is 2.30. The van der Waals surface area contributed by atoms with Gasteiger partial charge in [0.2, 0.25) is 5.91 Å². The quantitative estimate of drug-likeness (QED) is 0.898. The lowest BCUT2D eigenvalue weighted by molar-refractivity contribution is -0.123. The van der Waals surface area contributed by atoms with E-state index in [-0.39, 0.29) is 17.9 Å². The Labute approximate surface area is 106 Å². The second-order valence-corrected chi connectivity index (χ2v) is 5.02. The summed E-state index contributed by atoms with van der Waals surface area (Å²) < 4.78 is 2.05. The van der Waals surface area contributed by atoms with Crippen molar-refractivity contribution in [3.63, 3.8) is 0 Å². The average Bonchev–Trinajstić information content (AvgIpc) is 3.15. The van der Waals surface area contributed by atoms with E-state index in [1.165, 1.54) is 0 Å². The van der Waals surface area contributed by atoms with Crippen molar-refractivity contribution in [2.75, 3.05) is 0 Å². The summed E-state index contributed by atoms with van der Waals surface area (Å²) in [5.74, 6) is 1.31. The summed E-state index contributed by atoms with van der Waals surface area (Å²) in [5, 5.41) is 3.04. The zero-order valence-corrected chi connectivity index (χ0v) is 10.7. The second-order valence-electron chi connectivity index (χ2n) is 5.02. The van der Waals surface area contributed by atoms with E-state index in [1.54, 1.807) is 0 Å². The number of hydrogen-bond donors (Lipinski definition) is 1. The molecule has 0 bridgehead atoms. The minimum absolute atomic E-state index is 0.0458. The summed E-state index contributed by atoms with van der Waals surface area (Å²) in [4.78, 5) is 16.4. The average molecular weight is 243 g/mol. The first-order valence-corrected chi connectivity index (χ1v) is 6.38. The maximum atomic E-state index is 11.8. The molecule has 1 saturated carbocycles. The fourth-order valence-corrected chi connectivity index (χ4v) is 2.29. The van der Waals surface area contributed by atoms with Crippen molar-refractivity contribution in [2.24, 2.45) is 13.0 Å². The van der Waals surface area contributed by atoms with E-state index < -0.39 is 0 Å². The van der Waals surface area contributed by atoms with Gasteiger partial charge in [-0.05, 0) is 31.9 Å². The van der Waals surface area contributed by atoms with Gasteiger partial charge in [0.1, 0.15) is 5.82 Å². The molecule has 4 nitrogen and oxygen atoms in total. The fraction of sp³-hybridized carbons (Fsp3) is 0.429. The molecule has 1 heterocycles. The molecule has 1 atom stereocenters. The van der Waals surface area contributed by atoms with Crippen LogP contribution in [0.15, 0.2) is 24.3 Å². The minimum atomic E-state index is -0.0458. The van der Waals surface area contributed by atoms with E-state index in [0.29, 0.717) is 0 Å². The number of carbonyl (C=O) groups is 1. The van der Waals surface area contributed by atoms with Gasteiger partial charge in [-0.2, -0.15) is 0 Å². The van der Waals surface area contributed by atoms with Gasteiger partial charge < -0.3 is 9.88 Å².